The quantitative estimate of drug-likeness (QED) is 0.760. The van der Waals surface area contributed by atoms with E-state index in [0.717, 1.165) is 29.5 Å². The van der Waals surface area contributed by atoms with Gasteiger partial charge in [0.15, 0.2) is 11.0 Å². The Morgan fingerprint density at radius 2 is 2.27 bits per heavy atom. The number of imide groups is 1. The number of rotatable bonds is 5. The molecule has 2 aromatic rings. The monoisotopic (exact) mass is 393 g/mol. The van der Waals surface area contributed by atoms with Crippen LogP contribution in [-0.4, -0.2) is 32.0 Å². The third-order valence-electron chi connectivity index (χ3n) is 4.72. The Morgan fingerprint density at radius 3 is 2.96 bits per heavy atom. The number of aromatic nitrogens is 3. The van der Waals surface area contributed by atoms with E-state index in [1.54, 1.807) is 18.3 Å². The predicted molar refractivity (Wildman–Crippen MR) is 103 cm³/mol. The molecule has 0 radical (unpaired) electrons. The molecule has 2 aromatic heterocycles. The molecule has 0 saturated carbocycles. The van der Waals surface area contributed by atoms with Gasteiger partial charge in [-0.15, -0.1) is 21.5 Å². The summed E-state index contributed by atoms with van der Waals surface area (Å²) in [6.45, 7) is 3.96. The van der Waals surface area contributed by atoms with Gasteiger partial charge >= 0.3 is 6.03 Å². The topological polar surface area (TPSA) is 103 Å². The number of hydrogen-bond donors (Lipinski definition) is 2. The molecule has 3 N–H and O–H groups in total. The van der Waals surface area contributed by atoms with Crippen molar-refractivity contribution in [2.75, 3.05) is 0 Å². The summed E-state index contributed by atoms with van der Waals surface area (Å²) >= 11 is 3.04. The molecule has 0 fully saturated rings. The van der Waals surface area contributed by atoms with Crippen LogP contribution in [-0.2, 0) is 24.7 Å². The lowest BCUT2D eigenvalue weighted by molar-refractivity contribution is -0.119. The summed E-state index contributed by atoms with van der Waals surface area (Å²) < 4.78 is 1.90. The summed E-state index contributed by atoms with van der Waals surface area (Å²) in [7, 11) is 1.89. The van der Waals surface area contributed by atoms with Gasteiger partial charge in [0.25, 0.3) is 0 Å². The smallest absolute Gasteiger partial charge is 0.318 e. The number of hydrogen-bond acceptors (Lipinski definition) is 6. The normalized spacial score (nSPS) is 17.6. The Labute approximate surface area is 160 Å². The highest BCUT2D eigenvalue weighted by molar-refractivity contribution is 8.00. The molecule has 26 heavy (non-hydrogen) atoms. The highest BCUT2D eigenvalue weighted by atomic mass is 32.2. The van der Waals surface area contributed by atoms with Crippen LogP contribution in [0, 0.1) is 5.92 Å². The van der Waals surface area contributed by atoms with E-state index in [4.69, 9.17) is 5.73 Å². The summed E-state index contributed by atoms with van der Waals surface area (Å²) in [5.74, 6) is 1.15. The number of thioether (sulfide) groups is 1. The highest BCUT2D eigenvalue weighted by Gasteiger charge is 2.24. The van der Waals surface area contributed by atoms with Crippen molar-refractivity contribution in [1.82, 2.24) is 20.1 Å². The molecule has 140 valence electrons. The molecule has 2 heterocycles. The van der Waals surface area contributed by atoms with Crippen LogP contribution in [0.25, 0.3) is 10.7 Å². The standard InChI is InChI=1S/C17H23N5O2S2/c1-4-10-5-6-12-11(7-10)8-13(26-12)14-20-21-17(22(14)3)25-9(2)15(23)19-16(18)24/h8-10H,4-7H2,1-3H3,(H3,18,19,23,24)/t9-,10+/m1/s1. The van der Waals surface area contributed by atoms with Crippen molar-refractivity contribution < 1.29 is 9.59 Å². The number of carbonyl (C=O) groups is 2. The minimum Gasteiger partial charge on any atom is -0.351 e. The molecule has 1 aliphatic carbocycles. The lowest BCUT2D eigenvalue weighted by atomic mass is 9.87. The average molecular weight is 394 g/mol. The first-order chi connectivity index (χ1) is 12.4. The number of aryl methyl sites for hydroxylation is 1. The second-order valence-corrected chi connectivity index (χ2v) is 9.00. The molecule has 0 aliphatic heterocycles. The van der Waals surface area contributed by atoms with Crippen molar-refractivity contribution >= 4 is 35.0 Å². The van der Waals surface area contributed by atoms with Gasteiger partial charge in [-0.05, 0) is 43.7 Å². The maximum atomic E-state index is 11.8. The molecule has 0 saturated heterocycles. The fourth-order valence-corrected chi connectivity index (χ4v) is 5.17. The maximum Gasteiger partial charge on any atom is 0.318 e. The van der Waals surface area contributed by atoms with Crippen LogP contribution in [0.4, 0.5) is 4.79 Å². The van der Waals surface area contributed by atoms with E-state index in [1.165, 1.54) is 35.0 Å². The molecule has 3 rings (SSSR count). The summed E-state index contributed by atoms with van der Waals surface area (Å²) in [5, 5.41) is 10.8. The number of nitrogens with two attached hydrogens (primary N) is 1. The van der Waals surface area contributed by atoms with E-state index in [-0.39, 0.29) is 0 Å². The lowest BCUT2D eigenvalue weighted by Crippen LogP contribution is -2.39. The third-order valence-corrected chi connectivity index (χ3v) is 7.08. The van der Waals surface area contributed by atoms with Gasteiger partial charge in [-0.2, -0.15) is 0 Å². The number of urea groups is 1. The molecule has 0 aromatic carbocycles. The van der Waals surface area contributed by atoms with Crippen LogP contribution in [0.1, 0.15) is 37.1 Å². The van der Waals surface area contributed by atoms with Crippen molar-refractivity contribution in [3.8, 4) is 10.7 Å². The van der Waals surface area contributed by atoms with Crippen LogP contribution in [0.5, 0.6) is 0 Å². The largest absolute Gasteiger partial charge is 0.351 e. The van der Waals surface area contributed by atoms with E-state index in [1.807, 2.05) is 11.6 Å². The van der Waals surface area contributed by atoms with Crippen molar-refractivity contribution in [2.45, 2.75) is 49.9 Å². The van der Waals surface area contributed by atoms with Gasteiger partial charge in [0.05, 0.1) is 10.1 Å². The summed E-state index contributed by atoms with van der Waals surface area (Å²) in [5.41, 5.74) is 6.43. The molecular formula is C17H23N5O2S2. The Bertz CT molecular complexity index is 829. The van der Waals surface area contributed by atoms with Gasteiger partial charge in [0, 0.05) is 11.9 Å². The maximum absolute atomic E-state index is 11.8. The lowest BCUT2D eigenvalue weighted by Gasteiger charge is -2.19. The van der Waals surface area contributed by atoms with E-state index in [2.05, 4.69) is 28.5 Å². The summed E-state index contributed by atoms with van der Waals surface area (Å²) in [6.07, 6.45) is 4.77. The Kier molecular flexibility index (Phi) is 5.67. The predicted octanol–water partition coefficient (Wildman–Crippen LogP) is 2.73. The molecule has 0 unspecified atom stereocenters. The second-order valence-electron chi connectivity index (χ2n) is 6.55. The van der Waals surface area contributed by atoms with E-state index in [9.17, 15) is 9.59 Å². The van der Waals surface area contributed by atoms with Crippen molar-refractivity contribution in [3.05, 3.63) is 16.5 Å². The Balaban J connectivity index is 1.76. The van der Waals surface area contributed by atoms with Crippen LogP contribution >= 0.6 is 23.1 Å². The number of nitrogens with zero attached hydrogens (tertiary/aromatic N) is 3. The van der Waals surface area contributed by atoms with Crippen LogP contribution in [0.15, 0.2) is 11.2 Å². The molecule has 3 amide bonds. The summed E-state index contributed by atoms with van der Waals surface area (Å²) in [4.78, 5) is 25.2. The van der Waals surface area contributed by atoms with E-state index >= 15 is 0 Å². The van der Waals surface area contributed by atoms with Crippen LogP contribution in [0.3, 0.4) is 0 Å². The molecule has 0 spiro atoms. The van der Waals surface area contributed by atoms with Crippen molar-refractivity contribution in [2.24, 2.45) is 18.7 Å². The first kappa shape index (κ1) is 18.9. The molecule has 7 nitrogen and oxygen atoms in total. The zero-order valence-electron chi connectivity index (χ0n) is 15.1. The summed E-state index contributed by atoms with van der Waals surface area (Å²) in [6, 6.07) is 1.39. The molecule has 9 heteroatoms. The number of primary amides is 1. The van der Waals surface area contributed by atoms with E-state index < -0.39 is 17.2 Å². The molecule has 0 bridgehead atoms. The van der Waals surface area contributed by atoms with Gasteiger partial charge in [-0.3, -0.25) is 10.1 Å². The Hall–Kier alpha value is -1.87. The minimum atomic E-state index is -0.851. The SMILES string of the molecule is CC[C@H]1CCc2sc(-c3nnc(S[C@H](C)C(=O)NC(N)=O)n3C)cc2C1. The number of amides is 3. The zero-order chi connectivity index (χ0) is 18.8. The van der Waals surface area contributed by atoms with Gasteiger partial charge in [0.2, 0.25) is 5.91 Å². The number of nitrogens with one attached hydrogen (secondary N) is 1. The minimum absolute atomic E-state index is 0.441. The van der Waals surface area contributed by atoms with Gasteiger partial charge in [-0.25, -0.2) is 4.79 Å². The molecule has 2 atom stereocenters. The highest BCUT2D eigenvalue weighted by Crippen LogP contribution is 2.38. The average Bonchev–Trinajstić information content (AvgIpc) is 3.17. The van der Waals surface area contributed by atoms with E-state index in [0.29, 0.717) is 5.16 Å². The third kappa shape index (κ3) is 3.93. The number of thiophene rings is 1. The zero-order valence-corrected chi connectivity index (χ0v) is 16.7. The first-order valence-corrected chi connectivity index (χ1v) is 10.4. The fraction of sp³-hybridized carbons (Fsp3) is 0.529. The van der Waals surface area contributed by atoms with Gasteiger partial charge in [-0.1, -0.05) is 25.1 Å². The fourth-order valence-electron chi connectivity index (χ4n) is 3.12. The molecular weight excluding hydrogens is 370 g/mol. The Morgan fingerprint density at radius 1 is 1.50 bits per heavy atom. The van der Waals surface area contributed by atoms with Crippen LogP contribution < -0.4 is 11.1 Å². The second kappa shape index (κ2) is 7.79. The van der Waals surface area contributed by atoms with Gasteiger partial charge in [0.1, 0.15) is 0 Å². The number of fused-ring (bicyclic) bond motifs is 1. The van der Waals surface area contributed by atoms with Crippen LogP contribution in [0.2, 0.25) is 0 Å². The van der Waals surface area contributed by atoms with Crippen molar-refractivity contribution in [3.63, 3.8) is 0 Å². The molecule has 1 aliphatic rings. The van der Waals surface area contributed by atoms with Gasteiger partial charge < -0.3 is 10.3 Å². The first-order valence-electron chi connectivity index (χ1n) is 8.67. The van der Waals surface area contributed by atoms with Crippen molar-refractivity contribution in [1.29, 1.82) is 0 Å². The number of carbonyl (C=O) groups excluding carboxylic acids is 2.